The number of unbranched alkanes of at least 4 members (excludes halogenated alkanes) is 2. The molecule has 8 bridgehead atoms. The molecule has 384 valence electrons. The molecule has 6 heterocycles. The predicted molar refractivity (Wildman–Crippen MR) is 251 cm³/mol. The van der Waals surface area contributed by atoms with E-state index in [2.05, 4.69) is 42.2 Å². The highest BCUT2D eigenvalue weighted by atomic mass is 32.2. The number of H-pyrrole nitrogens is 1. The standard InChI is InChI=1S/C45H65N11O13S/c1-4-21(2)36-40(65)49-16-34(61)50-30-20-70-42-26-14-28(38(63)48-17-35(62)54-36)51-41(66)37(22(3)31(59)19-57)55-44(68)45(10-6-5-7-11-46,69-24-8-9-25(26)27(13-24)53-42)32-12-23(58)18-56(32)43(67)29(15-33(47)60)52-39(30)64/h8-9,13,21-23,28-32,36-37,53,57-59H,4-7,10-12,14-20,46H2,1-3H3,(H2,47,60)(H,48,63)(H,49,65)(H,50,61)(H,51,66)(H,52,64)(H,54,62)(H,55,68)/t21-,22-,23+,28+,29-,30-,31-,32-,36-,37-,45?/m0/s1. The molecule has 1 aromatic carbocycles. The second-order valence-corrected chi connectivity index (χ2v) is 19.5. The molecule has 15 N–H and O–H groups in total. The van der Waals surface area contributed by atoms with E-state index in [9.17, 15) is 48.9 Å². The first-order valence-electron chi connectivity index (χ1n) is 23.6. The molecule has 5 aliphatic heterocycles. The van der Waals surface area contributed by atoms with Crippen molar-refractivity contribution in [2.45, 2.75) is 131 Å². The minimum atomic E-state index is -2.21. The van der Waals surface area contributed by atoms with Gasteiger partial charge in [0.05, 0.1) is 54.9 Å². The van der Waals surface area contributed by atoms with Crippen LogP contribution < -0.4 is 53.4 Å². The molecule has 7 rings (SSSR count). The first kappa shape index (κ1) is 53.3. The van der Waals surface area contributed by atoms with Gasteiger partial charge in [0.2, 0.25) is 52.9 Å². The summed E-state index contributed by atoms with van der Waals surface area (Å²) in [5.41, 5.74) is 10.1. The lowest BCUT2D eigenvalue weighted by Crippen LogP contribution is -2.68. The Balaban J connectivity index is 1.64. The van der Waals surface area contributed by atoms with Gasteiger partial charge in [-0.1, -0.05) is 33.6 Å². The summed E-state index contributed by atoms with van der Waals surface area (Å²) >= 11 is 1.00. The van der Waals surface area contributed by atoms with Gasteiger partial charge in [-0.15, -0.1) is 11.8 Å². The Morgan fingerprint density at radius 1 is 0.900 bits per heavy atom. The summed E-state index contributed by atoms with van der Waals surface area (Å²) in [6.07, 6.45) is -2.86. The summed E-state index contributed by atoms with van der Waals surface area (Å²) in [7, 11) is 0. The number of nitrogens with two attached hydrogens (primary N) is 2. The third kappa shape index (κ3) is 12.1. The van der Waals surface area contributed by atoms with Crippen LogP contribution in [0.4, 0.5) is 0 Å². The molecule has 0 radical (unpaired) electrons. The van der Waals surface area contributed by atoms with E-state index in [0.29, 0.717) is 47.3 Å². The Morgan fingerprint density at radius 2 is 1.61 bits per heavy atom. The van der Waals surface area contributed by atoms with Crippen LogP contribution in [0.3, 0.4) is 0 Å². The van der Waals surface area contributed by atoms with E-state index >= 15 is 9.59 Å². The number of thioether (sulfide) groups is 1. The van der Waals surface area contributed by atoms with Crippen LogP contribution in [0.2, 0.25) is 0 Å². The Hall–Kier alpha value is -6.02. The molecule has 25 heteroatoms. The summed E-state index contributed by atoms with van der Waals surface area (Å²) < 4.78 is 6.88. The molecular weight excluding hydrogens is 935 g/mol. The van der Waals surface area contributed by atoms with Gasteiger partial charge in [-0.3, -0.25) is 43.2 Å². The van der Waals surface area contributed by atoms with Crippen molar-refractivity contribution in [3.63, 3.8) is 0 Å². The number of aromatic nitrogens is 1. The SMILES string of the molecule is CC[C@H](C)[C@@H]1NC(=O)CNC(=O)[C@H]2Cc3c4[nH]c5cc(ccc35)OC(CCCCCN)(C(=O)N[C@@H]([C@@H](C)[C@@H](O)CO)C(=O)N2)[C@@H]2C[C@@H](O)CN2C(=O)[C@H](CC(N)=O)NC(=O)[C@H](CS4)NC(=O)CNC1=O. The van der Waals surface area contributed by atoms with Gasteiger partial charge < -0.3 is 78.6 Å². The highest BCUT2D eigenvalue weighted by Crippen LogP contribution is 2.40. The van der Waals surface area contributed by atoms with Crippen LogP contribution in [-0.2, 0) is 49.6 Å². The van der Waals surface area contributed by atoms with Crippen molar-refractivity contribution < 1.29 is 63.2 Å². The van der Waals surface area contributed by atoms with E-state index in [1.165, 1.54) is 6.92 Å². The quantitative estimate of drug-likeness (QED) is 0.0902. The lowest BCUT2D eigenvalue weighted by atomic mass is 9.83. The minimum Gasteiger partial charge on any atom is -0.475 e. The lowest BCUT2D eigenvalue weighted by molar-refractivity contribution is -0.154. The molecule has 24 nitrogen and oxygen atoms in total. The average Bonchev–Trinajstić information content (AvgIpc) is 3.89. The molecule has 2 aromatic rings. The summed E-state index contributed by atoms with van der Waals surface area (Å²) in [5.74, 6) is -10.1. The lowest BCUT2D eigenvalue weighted by Gasteiger charge is -2.43. The number of fused-ring (bicyclic) bond motifs is 8. The van der Waals surface area contributed by atoms with Gasteiger partial charge in [0, 0.05) is 36.1 Å². The van der Waals surface area contributed by atoms with E-state index in [4.69, 9.17) is 16.2 Å². The molecule has 1 aromatic heterocycles. The van der Waals surface area contributed by atoms with Gasteiger partial charge in [-0.2, -0.15) is 0 Å². The van der Waals surface area contributed by atoms with Crippen molar-refractivity contribution in [1.82, 2.24) is 47.1 Å². The molecule has 5 aliphatic rings. The van der Waals surface area contributed by atoms with E-state index in [1.807, 2.05) is 0 Å². The summed E-state index contributed by atoms with van der Waals surface area (Å²) in [6.45, 7) is 2.54. The predicted octanol–water partition coefficient (Wildman–Crippen LogP) is -3.99. The zero-order chi connectivity index (χ0) is 51.0. The number of primary amides is 1. The molecule has 0 saturated carbocycles. The molecule has 1 unspecified atom stereocenters. The van der Waals surface area contributed by atoms with Crippen LogP contribution in [0.5, 0.6) is 5.75 Å². The van der Waals surface area contributed by atoms with Gasteiger partial charge in [0.15, 0.2) is 0 Å². The first-order chi connectivity index (χ1) is 33.3. The van der Waals surface area contributed by atoms with Gasteiger partial charge in [-0.05, 0) is 55.8 Å². The fourth-order valence-electron chi connectivity index (χ4n) is 9.34. The Labute approximate surface area is 407 Å². The number of amides is 9. The molecular formula is C45H65N11O13S. The minimum absolute atomic E-state index is 0.0870. The number of aliphatic hydroxyl groups excluding tert-OH is 3. The van der Waals surface area contributed by atoms with Crippen LogP contribution in [0.25, 0.3) is 10.9 Å². The van der Waals surface area contributed by atoms with Crippen molar-refractivity contribution in [2.24, 2.45) is 23.3 Å². The van der Waals surface area contributed by atoms with Crippen molar-refractivity contribution in [1.29, 1.82) is 0 Å². The zero-order valence-electron chi connectivity index (χ0n) is 39.3. The van der Waals surface area contributed by atoms with Gasteiger partial charge in [0.1, 0.15) is 36.0 Å². The van der Waals surface area contributed by atoms with Gasteiger partial charge >= 0.3 is 0 Å². The summed E-state index contributed by atoms with van der Waals surface area (Å²) in [5, 5.41) is 51.7. The maximum absolute atomic E-state index is 15.6. The third-order valence-electron chi connectivity index (χ3n) is 13.5. The van der Waals surface area contributed by atoms with E-state index in [0.717, 1.165) is 16.7 Å². The van der Waals surface area contributed by atoms with E-state index in [1.54, 1.807) is 32.0 Å². The number of benzene rings is 1. The maximum atomic E-state index is 15.6. The Kier molecular flexibility index (Phi) is 17.7. The normalized spacial score (nSPS) is 28.7. The number of nitrogens with zero attached hydrogens (tertiary/aromatic N) is 1. The number of nitrogens with one attached hydrogen (secondary N) is 8. The topological polar surface area (TPSA) is 379 Å². The third-order valence-corrected chi connectivity index (χ3v) is 14.7. The Bertz CT molecular complexity index is 2330. The molecule has 1 fully saturated rings. The number of hydrogen-bond donors (Lipinski definition) is 13. The summed E-state index contributed by atoms with van der Waals surface area (Å²) in [6, 6.07) is -4.28. The largest absolute Gasteiger partial charge is 0.475 e. The number of rotatable bonds is 12. The zero-order valence-corrected chi connectivity index (χ0v) is 40.2. The second-order valence-electron chi connectivity index (χ2n) is 18.5. The highest BCUT2D eigenvalue weighted by Gasteiger charge is 2.57. The fourth-order valence-corrected chi connectivity index (χ4v) is 10.5. The van der Waals surface area contributed by atoms with Gasteiger partial charge in [0.25, 0.3) is 5.91 Å². The van der Waals surface area contributed by atoms with Crippen LogP contribution in [0, 0.1) is 11.8 Å². The van der Waals surface area contributed by atoms with Crippen molar-refractivity contribution in [3.8, 4) is 5.75 Å². The smallest absolute Gasteiger partial charge is 0.267 e. The first-order valence-corrected chi connectivity index (χ1v) is 24.6. The Morgan fingerprint density at radius 3 is 2.30 bits per heavy atom. The number of carbonyl (C=O) groups excluding carboxylic acids is 9. The molecule has 0 spiro atoms. The van der Waals surface area contributed by atoms with Crippen LogP contribution >= 0.6 is 11.8 Å². The monoisotopic (exact) mass is 999 g/mol. The van der Waals surface area contributed by atoms with Gasteiger partial charge in [-0.25, -0.2) is 0 Å². The molecule has 1 saturated heterocycles. The van der Waals surface area contributed by atoms with Crippen LogP contribution in [0.1, 0.15) is 71.3 Å². The van der Waals surface area contributed by atoms with E-state index in [-0.39, 0.29) is 37.2 Å². The van der Waals surface area contributed by atoms with Crippen molar-refractivity contribution in [2.75, 3.05) is 38.5 Å². The number of aromatic amines is 1. The number of ether oxygens (including phenoxy) is 1. The molecule has 70 heavy (non-hydrogen) atoms. The maximum Gasteiger partial charge on any atom is 0.267 e. The fraction of sp³-hybridized carbons (Fsp3) is 0.622. The van der Waals surface area contributed by atoms with Crippen molar-refractivity contribution >= 4 is 75.8 Å². The summed E-state index contributed by atoms with van der Waals surface area (Å²) in [4.78, 5) is 132. The molecule has 11 atom stereocenters. The number of carbonyl (C=O) groups is 9. The number of aliphatic hydroxyl groups is 3. The molecule has 9 amide bonds. The van der Waals surface area contributed by atoms with Crippen LogP contribution in [0.15, 0.2) is 23.2 Å². The van der Waals surface area contributed by atoms with Crippen LogP contribution in [-0.4, -0.2) is 171 Å². The number of hydrogen-bond acceptors (Lipinski definition) is 15. The highest BCUT2D eigenvalue weighted by molar-refractivity contribution is 7.99. The average molecular weight is 1000 g/mol. The molecule has 0 aliphatic carbocycles. The van der Waals surface area contributed by atoms with E-state index < -0.39 is 152 Å². The van der Waals surface area contributed by atoms with Crippen molar-refractivity contribution in [3.05, 3.63) is 23.8 Å². The second kappa shape index (κ2) is 23.3.